The molecule has 4 N–H and O–H groups in total. The standard InChI is InChI=1S/C12H18O6/c1-2-17-3-4-18-10-6-8(11(13)14)5-9(7-10)12(15)16/h5-7,11-16H,2-4H2,1H3. The van der Waals surface area contributed by atoms with Gasteiger partial charge in [0.15, 0.2) is 12.6 Å². The van der Waals surface area contributed by atoms with Gasteiger partial charge in [0.2, 0.25) is 0 Å². The van der Waals surface area contributed by atoms with Crippen LogP contribution in [0.1, 0.15) is 30.6 Å². The minimum absolute atomic E-state index is 0.131. The minimum atomic E-state index is -1.70. The highest BCUT2D eigenvalue weighted by Gasteiger charge is 2.11. The summed E-state index contributed by atoms with van der Waals surface area (Å²) in [6, 6.07) is 4.12. The lowest BCUT2D eigenvalue weighted by Gasteiger charge is -2.13. The molecule has 0 aromatic heterocycles. The lowest BCUT2D eigenvalue weighted by Crippen LogP contribution is -2.08. The van der Waals surface area contributed by atoms with Crippen molar-refractivity contribution in [2.45, 2.75) is 19.5 Å². The third kappa shape index (κ3) is 4.59. The van der Waals surface area contributed by atoms with Crippen LogP contribution in [-0.4, -0.2) is 40.2 Å². The van der Waals surface area contributed by atoms with E-state index in [9.17, 15) is 0 Å². The monoisotopic (exact) mass is 258 g/mol. The molecule has 0 spiro atoms. The fourth-order valence-electron chi connectivity index (χ4n) is 1.39. The molecule has 0 bridgehead atoms. The Morgan fingerprint density at radius 3 is 1.94 bits per heavy atom. The molecule has 0 aliphatic heterocycles. The van der Waals surface area contributed by atoms with Crippen molar-refractivity contribution >= 4 is 0 Å². The van der Waals surface area contributed by atoms with Crippen LogP contribution >= 0.6 is 0 Å². The summed E-state index contributed by atoms with van der Waals surface area (Å²) in [5.41, 5.74) is 0.263. The molecule has 18 heavy (non-hydrogen) atoms. The normalized spacial score (nSPS) is 11.3. The van der Waals surface area contributed by atoms with E-state index in [0.717, 1.165) is 0 Å². The van der Waals surface area contributed by atoms with Gasteiger partial charge in [-0.1, -0.05) is 0 Å². The molecule has 0 saturated carbocycles. The second-order valence-electron chi connectivity index (χ2n) is 3.63. The predicted octanol–water partition coefficient (Wildman–Crippen LogP) is 0.0683. The SMILES string of the molecule is CCOCCOc1cc(C(O)O)cc(C(O)O)c1. The third-order valence-corrected chi connectivity index (χ3v) is 2.25. The Balaban J connectivity index is 2.76. The van der Waals surface area contributed by atoms with Gasteiger partial charge in [0.1, 0.15) is 12.4 Å². The van der Waals surface area contributed by atoms with E-state index in [4.69, 9.17) is 29.9 Å². The molecular formula is C12H18O6. The Morgan fingerprint density at radius 1 is 0.944 bits per heavy atom. The van der Waals surface area contributed by atoms with Gasteiger partial charge in [0, 0.05) is 17.7 Å². The van der Waals surface area contributed by atoms with Crippen molar-refractivity contribution in [1.29, 1.82) is 0 Å². The molecule has 1 aromatic carbocycles. The van der Waals surface area contributed by atoms with Crippen LogP contribution in [0, 0.1) is 0 Å². The van der Waals surface area contributed by atoms with E-state index < -0.39 is 12.6 Å². The summed E-state index contributed by atoms with van der Waals surface area (Å²) < 4.78 is 10.4. The summed E-state index contributed by atoms with van der Waals surface area (Å²) in [6.45, 7) is 3.14. The van der Waals surface area contributed by atoms with Crippen LogP contribution < -0.4 is 4.74 Å². The first kappa shape index (κ1) is 14.9. The van der Waals surface area contributed by atoms with Crippen molar-refractivity contribution < 1.29 is 29.9 Å². The van der Waals surface area contributed by atoms with Crippen LogP contribution in [0.25, 0.3) is 0 Å². The molecule has 6 nitrogen and oxygen atoms in total. The van der Waals surface area contributed by atoms with Crippen LogP contribution in [-0.2, 0) is 4.74 Å². The molecule has 0 unspecified atom stereocenters. The Morgan fingerprint density at radius 2 is 1.50 bits per heavy atom. The maximum Gasteiger partial charge on any atom is 0.178 e. The fraction of sp³-hybridized carbons (Fsp3) is 0.500. The number of aliphatic hydroxyl groups is 4. The van der Waals surface area contributed by atoms with Gasteiger partial charge in [0.05, 0.1) is 6.61 Å². The summed E-state index contributed by atoms with van der Waals surface area (Å²) in [7, 11) is 0. The third-order valence-electron chi connectivity index (χ3n) is 2.25. The molecular weight excluding hydrogens is 240 g/mol. The second-order valence-corrected chi connectivity index (χ2v) is 3.63. The first-order valence-corrected chi connectivity index (χ1v) is 5.62. The summed E-state index contributed by atoms with van der Waals surface area (Å²) in [6.07, 6.45) is -3.39. The van der Waals surface area contributed by atoms with E-state index >= 15 is 0 Å². The molecule has 1 rings (SSSR count). The summed E-state index contributed by atoms with van der Waals surface area (Å²) in [4.78, 5) is 0. The number of rotatable bonds is 7. The highest BCUT2D eigenvalue weighted by molar-refractivity contribution is 5.35. The van der Waals surface area contributed by atoms with Crippen molar-refractivity contribution in [2.75, 3.05) is 19.8 Å². The van der Waals surface area contributed by atoms with Gasteiger partial charge in [-0.2, -0.15) is 0 Å². The molecule has 0 aliphatic rings. The van der Waals surface area contributed by atoms with E-state index in [2.05, 4.69) is 0 Å². The topological polar surface area (TPSA) is 99.4 Å². The van der Waals surface area contributed by atoms with Crippen LogP contribution in [0.5, 0.6) is 5.75 Å². The zero-order valence-corrected chi connectivity index (χ0v) is 10.1. The smallest absolute Gasteiger partial charge is 0.178 e. The molecule has 0 atom stereocenters. The van der Waals surface area contributed by atoms with E-state index in [1.807, 2.05) is 6.92 Å². The van der Waals surface area contributed by atoms with E-state index in [1.54, 1.807) is 0 Å². The molecule has 0 fully saturated rings. The highest BCUT2D eigenvalue weighted by Crippen LogP contribution is 2.24. The molecule has 0 aliphatic carbocycles. The zero-order valence-electron chi connectivity index (χ0n) is 10.1. The van der Waals surface area contributed by atoms with Crippen molar-refractivity contribution in [3.8, 4) is 5.75 Å². The van der Waals surface area contributed by atoms with Crippen LogP contribution in [0.4, 0.5) is 0 Å². The molecule has 0 amide bonds. The van der Waals surface area contributed by atoms with Gasteiger partial charge in [-0.25, -0.2) is 0 Å². The molecule has 0 radical (unpaired) electrons. The van der Waals surface area contributed by atoms with Crippen molar-refractivity contribution in [2.24, 2.45) is 0 Å². The van der Waals surface area contributed by atoms with Gasteiger partial charge in [-0.15, -0.1) is 0 Å². The van der Waals surface area contributed by atoms with Crippen molar-refractivity contribution in [3.63, 3.8) is 0 Å². The Bertz CT molecular complexity index is 337. The number of hydrogen-bond donors (Lipinski definition) is 4. The lowest BCUT2D eigenvalue weighted by atomic mass is 10.1. The van der Waals surface area contributed by atoms with Crippen molar-refractivity contribution in [1.82, 2.24) is 0 Å². The number of ether oxygens (including phenoxy) is 2. The largest absolute Gasteiger partial charge is 0.491 e. The maximum absolute atomic E-state index is 9.08. The Kier molecular flexibility index (Phi) is 6.03. The minimum Gasteiger partial charge on any atom is -0.491 e. The first-order valence-electron chi connectivity index (χ1n) is 5.62. The molecule has 6 heteroatoms. The molecule has 0 saturated heterocycles. The van der Waals surface area contributed by atoms with Gasteiger partial charge in [0.25, 0.3) is 0 Å². The van der Waals surface area contributed by atoms with Crippen LogP contribution in [0.2, 0.25) is 0 Å². The number of hydrogen-bond acceptors (Lipinski definition) is 6. The first-order chi connectivity index (χ1) is 8.54. The van der Waals surface area contributed by atoms with Crippen LogP contribution in [0.15, 0.2) is 18.2 Å². The van der Waals surface area contributed by atoms with Gasteiger partial charge < -0.3 is 29.9 Å². The van der Waals surface area contributed by atoms with Crippen molar-refractivity contribution in [3.05, 3.63) is 29.3 Å². The molecule has 102 valence electrons. The Labute approximate surface area is 105 Å². The second kappa shape index (κ2) is 7.30. The number of aliphatic hydroxyl groups excluding tert-OH is 2. The average molecular weight is 258 g/mol. The predicted molar refractivity (Wildman–Crippen MR) is 62.8 cm³/mol. The quantitative estimate of drug-likeness (QED) is 0.408. The Hall–Kier alpha value is -1.18. The molecule has 1 aromatic rings. The number of benzene rings is 1. The summed E-state index contributed by atoms with van der Waals surface area (Å²) in [5.74, 6) is 0.323. The summed E-state index contributed by atoms with van der Waals surface area (Å²) >= 11 is 0. The van der Waals surface area contributed by atoms with E-state index in [0.29, 0.717) is 25.6 Å². The summed E-state index contributed by atoms with van der Waals surface area (Å²) in [5, 5.41) is 36.3. The lowest BCUT2D eigenvalue weighted by molar-refractivity contribution is -0.0478. The average Bonchev–Trinajstić information content (AvgIpc) is 2.34. The van der Waals surface area contributed by atoms with E-state index in [-0.39, 0.29) is 11.1 Å². The molecule has 0 heterocycles. The van der Waals surface area contributed by atoms with Gasteiger partial charge in [-0.3, -0.25) is 0 Å². The van der Waals surface area contributed by atoms with E-state index in [1.165, 1.54) is 18.2 Å². The van der Waals surface area contributed by atoms with Gasteiger partial charge in [-0.05, 0) is 25.1 Å². The maximum atomic E-state index is 9.08. The zero-order chi connectivity index (χ0) is 13.5. The van der Waals surface area contributed by atoms with Gasteiger partial charge >= 0.3 is 0 Å². The highest BCUT2D eigenvalue weighted by atomic mass is 16.5. The van der Waals surface area contributed by atoms with Crippen LogP contribution in [0.3, 0.4) is 0 Å². The fourth-order valence-corrected chi connectivity index (χ4v) is 1.39.